The minimum atomic E-state index is -0.356. The van der Waals surface area contributed by atoms with E-state index in [9.17, 15) is 9.18 Å². The Hall–Kier alpha value is -3.38. The third-order valence-electron chi connectivity index (χ3n) is 4.34. The molecule has 0 radical (unpaired) electrons. The van der Waals surface area contributed by atoms with E-state index >= 15 is 0 Å². The molecule has 5 nitrogen and oxygen atoms in total. The van der Waals surface area contributed by atoms with Crippen LogP contribution in [0.5, 0.6) is 5.75 Å². The molecule has 7 heteroatoms. The van der Waals surface area contributed by atoms with Crippen LogP contribution in [0.15, 0.2) is 72.8 Å². The van der Waals surface area contributed by atoms with Crippen molar-refractivity contribution in [2.45, 2.75) is 13.2 Å². The molecule has 1 aromatic heterocycles. The summed E-state index contributed by atoms with van der Waals surface area (Å²) in [5.74, 6) is 0.678. The number of carbonyl (C=O) groups is 1. The third-order valence-corrected chi connectivity index (χ3v) is 4.60. The van der Waals surface area contributed by atoms with Crippen LogP contribution in [0.3, 0.4) is 0 Å². The molecular formula is C22H17ClFN3O2. The van der Waals surface area contributed by atoms with Gasteiger partial charge >= 0.3 is 0 Å². The third kappa shape index (κ3) is 4.55. The van der Waals surface area contributed by atoms with E-state index in [0.717, 1.165) is 11.0 Å². The summed E-state index contributed by atoms with van der Waals surface area (Å²) in [7, 11) is 0. The summed E-state index contributed by atoms with van der Waals surface area (Å²) in [6.07, 6.45) is 0. The number of amides is 1. The van der Waals surface area contributed by atoms with Gasteiger partial charge in [0.1, 0.15) is 30.5 Å². The van der Waals surface area contributed by atoms with Crippen LogP contribution in [0.25, 0.3) is 11.0 Å². The minimum Gasteiger partial charge on any atom is -0.486 e. The number of nitrogens with zero attached hydrogens (tertiary/aromatic N) is 2. The van der Waals surface area contributed by atoms with Crippen molar-refractivity contribution in [2.75, 3.05) is 5.32 Å². The van der Waals surface area contributed by atoms with Crippen LogP contribution in [0.2, 0.25) is 5.02 Å². The van der Waals surface area contributed by atoms with Gasteiger partial charge in [0.05, 0.1) is 11.0 Å². The molecule has 3 aromatic carbocycles. The van der Waals surface area contributed by atoms with Crippen molar-refractivity contribution in [1.29, 1.82) is 0 Å². The summed E-state index contributed by atoms with van der Waals surface area (Å²) in [6, 6.07) is 20.2. The topological polar surface area (TPSA) is 56.2 Å². The zero-order valence-corrected chi connectivity index (χ0v) is 16.1. The van der Waals surface area contributed by atoms with E-state index in [1.54, 1.807) is 24.3 Å². The number of hydrogen-bond acceptors (Lipinski definition) is 3. The minimum absolute atomic E-state index is 0.0528. The van der Waals surface area contributed by atoms with E-state index in [1.807, 2.05) is 28.8 Å². The molecule has 0 saturated carbocycles. The van der Waals surface area contributed by atoms with E-state index in [2.05, 4.69) is 10.3 Å². The Balaban J connectivity index is 1.55. The zero-order valence-electron chi connectivity index (χ0n) is 15.3. The predicted octanol–water partition coefficient (Wildman–Crippen LogP) is 5.05. The first kappa shape index (κ1) is 19.0. The first-order valence-electron chi connectivity index (χ1n) is 8.96. The molecule has 1 N–H and O–H groups in total. The molecule has 29 heavy (non-hydrogen) atoms. The lowest BCUT2D eigenvalue weighted by atomic mass is 10.3. The van der Waals surface area contributed by atoms with Gasteiger partial charge in [-0.15, -0.1) is 0 Å². The van der Waals surface area contributed by atoms with Gasteiger partial charge in [-0.1, -0.05) is 23.7 Å². The van der Waals surface area contributed by atoms with Crippen molar-refractivity contribution in [1.82, 2.24) is 9.55 Å². The van der Waals surface area contributed by atoms with Gasteiger partial charge < -0.3 is 14.6 Å². The fourth-order valence-electron chi connectivity index (χ4n) is 2.97. The number of rotatable bonds is 6. The number of imidazole rings is 1. The maximum Gasteiger partial charge on any atom is 0.244 e. The lowest BCUT2D eigenvalue weighted by molar-refractivity contribution is -0.116. The number of benzene rings is 3. The molecule has 0 aliphatic heterocycles. The average molecular weight is 410 g/mol. The van der Waals surface area contributed by atoms with Gasteiger partial charge in [-0.3, -0.25) is 4.79 Å². The molecule has 0 spiro atoms. The van der Waals surface area contributed by atoms with Crippen LogP contribution in [-0.4, -0.2) is 15.5 Å². The molecule has 1 heterocycles. The monoisotopic (exact) mass is 409 g/mol. The molecule has 4 aromatic rings. The molecule has 0 atom stereocenters. The number of aromatic nitrogens is 2. The van der Waals surface area contributed by atoms with Gasteiger partial charge in [0.2, 0.25) is 5.91 Å². The second-order valence-corrected chi connectivity index (χ2v) is 6.84. The Morgan fingerprint density at radius 3 is 2.52 bits per heavy atom. The number of hydrogen-bond donors (Lipinski definition) is 1. The Morgan fingerprint density at radius 1 is 1.03 bits per heavy atom. The highest BCUT2D eigenvalue weighted by molar-refractivity contribution is 6.30. The molecule has 1 amide bonds. The maximum atomic E-state index is 13.1. The highest BCUT2D eigenvalue weighted by Crippen LogP contribution is 2.20. The van der Waals surface area contributed by atoms with Crippen LogP contribution >= 0.6 is 11.6 Å². The van der Waals surface area contributed by atoms with E-state index in [-0.39, 0.29) is 24.9 Å². The maximum absolute atomic E-state index is 13.1. The van der Waals surface area contributed by atoms with Gasteiger partial charge in [-0.05, 0) is 60.7 Å². The van der Waals surface area contributed by atoms with Crippen molar-refractivity contribution < 1.29 is 13.9 Å². The summed E-state index contributed by atoms with van der Waals surface area (Å²) in [5.41, 5.74) is 2.13. The van der Waals surface area contributed by atoms with E-state index in [1.165, 1.54) is 24.3 Å². The quantitative estimate of drug-likeness (QED) is 0.485. The lowest BCUT2D eigenvalue weighted by Gasteiger charge is -2.11. The summed E-state index contributed by atoms with van der Waals surface area (Å²) in [6.45, 7) is 0.247. The van der Waals surface area contributed by atoms with Crippen LogP contribution < -0.4 is 10.1 Å². The highest BCUT2D eigenvalue weighted by atomic mass is 35.5. The first-order chi connectivity index (χ1) is 14.1. The van der Waals surface area contributed by atoms with E-state index in [4.69, 9.17) is 16.3 Å². The van der Waals surface area contributed by atoms with Crippen molar-refractivity contribution in [3.63, 3.8) is 0 Å². The summed E-state index contributed by atoms with van der Waals surface area (Å²) >= 11 is 5.90. The van der Waals surface area contributed by atoms with Crippen LogP contribution in [0.1, 0.15) is 5.82 Å². The van der Waals surface area contributed by atoms with Gasteiger partial charge in [0, 0.05) is 10.7 Å². The Bertz CT molecular complexity index is 1140. The predicted molar refractivity (Wildman–Crippen MR) is 111 cm³/mol. The Kier molecular flexibility index (Phi) is 5.44. The van der Waals surface area contributed by atoms with Crippen molar-refractivity contribution >= 4 is 34.2 Å². The number of carbonyl (C=O) groups excluding carboxylic acids is 1. The lowest BCUT2D eigenvalue weighted by Crippen LogP contribution is -2.20. The highest BCUT2D eigenvalue weighted by Gasteiger charge is 2.14. The van der Waals surface area contributed by atoms with Gasteiger partial charge in [-0.25, -0.2) is 9.37 Å². The second-order valence-electron chi connectivity index (χ2n) is 6.40. The number of fused-ring (bicyclic) bond motifs is 1. The van der Waals surface area contributed by atoms with Crippen molar-refractivity contribution in [3.05, 3.63) is 89.5 Å². The van der Waals surface area contributed by atoms with Gasteiger partial charge in [-0.2, -0.15) is 0 Å². The smallest absolute Gasteiger partial charge is 0.244 e. The van der Waals surface area contributed by atoms with Crippen molar-refractivity contribution in [3.8, 4) is 5.75 Å². The first-order valence-corrected chi connectivity index (χ1v) is 9.34. The van der Waals surface area contributed by atoms with Crippen LogP contribution in [0.4, 0.5) is 10.1 Å². The van der Waals surface area contributed by atoms with Crippen LogP contribution in [-0.2, 0) is 17.9 Å². The van der Waals surface area contributed by atoms with Crippen molar-refractivity contribution in [2.24, 2.45) is 0 Å². The molecule has 0 unspecified atom stereocenters. The Morgan fingerprint density at radius 2 is 1.76 bits per heavy atom. The number of halogens is 2. The molecule has 0 saturated heterocycles. The SMILES string of the molecule is O=C(Cn1c(COc2ccc(Cl)cc2)nc2ccccc21)Nc1ccc(F)cc1. The standard InChI is InChI=1S/C22H17ClFN3O2/c23-15-5-11-18(12-6-15)29-14-21-26-19-3-1-2-4-20(19)27(21)13-22(28)25-17-9-7-16(24)8-10-17/h1-12H,13-14H2,(H,25,28). The molecular weight excluding hydrogens is 393 g/mol. The van der Waals surface area contributed by atoms with E-state index < -0.39 is 0 Å². The molecule has 0 aliphatic carbocycles. The number of ether oxygens (including phenoxy) is 1. The number of nitrogens with one attached hydrogen (secondary N) is 1. The average Bonchev–Trinajstić information content (AvgIpc) is 3.07. The molecule has 4 rings (SSSR count). The largest absolute Gasteiger partial charge is 0.486 e. The number of anilines is 1. The summed E-state index contributed by atoms with van der Waals surface area (Å²) in [4.78, 5) is 17.2. The summed E-state index contributed by atoms with van der Waals surface area (Å²) < 4.78 is 20.7. The fraction of sp³-hybridized carbons (Fsp3) is 0.0909. The second kappa shape index (κ2) is 8.32. The van der Waals surface area contributed by atoms with Gasteiger partial charge in [0.15, 0.2) is 0 Å². The fourth-order valence-corrected chi connectivity index (χ4v) is 3.09. The molecule has 0 fully saturated rings. The molecule has 0 aliphatic rings. The van der Waals surface area contributed by atoms with E-state index in [0.29, 0.717) is 22.3 Å². The van der Waals surface area contributed by atoms with Gasteiger partial charge in [0.25, 0.3) is 0 Å². The Labute approximate surface area is 171 Å². The zero-order chi connectivity index (χ0) is 20.2. The molecule has 146 valence electrons. The molecule has 0 bridgehead atoms. The number of para-hydroxylation sites is 2. The summed E-state index contributed by atoms with van der Waals surface area (Å²) in [5, 5.41) is 3.40. The van der Waals surface area contributed by atoms with Crippen LogP contribution in [0, 0.1) is 5.82 Å². The normalized spacial score (nSPS) is 10.8.